The van der Waals surface area contributed by atoms with E-state index in [2.05, 4.69) is 31.1 Å². The predicted molar refractivity (Wildman–Crippen MR) is 60.5 cm³/mol. The number of aromatic nitrogens is 1. The molecule has 1 atom stereocenters. The van der Waals surface area contributed by atoms with Crippen molar-refractivity contribution in [2.24, 2.45) is 5.41 Å². The van der Waals surface area contributed by atoms with Crippen molar-refractivity contribution in [3.8, 4) is 0 Å². The fraction of sp³-hybridized carbons (Fsp3) is 0.727. The minimum absolute atomic E-state index is 0.417. The lowest BCUT2D eigenvalue weighted by Crippen LogP contribution is -2.37. The van der Waals surface area contributed by atoms with Gasteiger partial charge in [-0.25, -0.2) is 4.98 Å². The van der Waals surface area contributed by atoms with Gasteiger partial charge >= 0.3 is 0 Å². The van der Waals surface area contributed by atoms with E-state index in [1.807, 2.05) is 5.51 Å². The molecule has 0 radical (unpaired) electrons. The average molecular weight is 210 g/mol. The molecule has 0 amide bonds. The highest BCUT2D eigenvalue weighted by Gasteiger charge is 2.24. The van der Waals surface area contributed by atoms with E-state index in [0.29, 0.717) is 11.5 Å². The lowest BCUT2D eigenvalue weighted by Gasteiger charge is -2.29. The van der Waals surface area contributed by atoms with Crippen LogP contribution >= 0.6 is 11.3 Å². The zero-order chi connectivity index (χ0) is 10.2. The lowest BCUT2D eigenvalue weighted by molar-refractivity contribution is 0.298. The monoisotopic (exact) mass is 210 g/mol. The number of rotatable bonds is 1. The Morgan fingerprint density at radius 1 is 1.57 bits per heavy atom. The zero-order valence-corrected chi connectivity index (χ0v) is 9.95. The van der Waals surface area contributed by atoms with Crippen LogP contribution in [0.1, 0.15) is 37.8 Å². The first-order valence-corrected chi connectivity index (χ1v) is 6.07. The van der Waals surface area contributed by atoms with Gasteiger partial charge in [0.25, 0.3) is 0 Å². The van der Waals surface area contributed by atoms with Crippen molar-refractivity contribution in [1.29, 1.82) is 0 Å². The van der Waals surface area contributed by atoms with Gasteiger partial charge in [0, 0.05) is 17.5 Å². The predicted octanol–water partition coefficient (Wildman–Crippen LogP) is 2.59. The SMILES string of the molecule is CC(C)(C)CC1Cc2scnc2CN1. The largest absolute Gasteiger partial charge is 0.308 e. The molecule has 1 unspecified atom stereocenters. The van der Waals surface area contributed by atoms with E-state index in [9.17, 15) is 0 Å². The van der Waals surface area contributed by atoms with E-state index in [4.69, 9.17) is 0 Å². The Balaban J connectivity index is 2.01. The van der Waals surface area contributed by atoms with Crippen molar-refractivity contribution < 1.29 is 0 Å². The summed E-state index contributed by atoms with van der Waals surface area (Å²) in [4.78, 5) is 5.83. The first kappa shape index (κ1) is 10.1. The van der Waals surface area contributed by atoms with Crippen LogP contribution in [0.4, 0.5) is 0 Å². The molecule has 1 aliphatic heterocycles. The number of thiazole rings is 1. The summed E-state index contributed by atoms with van der Waals surface area (Å²) in [5.41, 5.74) is 3.64. The maximum absolute atomic E-state index is 4.34. The molecule has 0 fully saturated rings. The van der Waals surface area contributed by atoms with E-state index in [-0.39, 0.29) is 0 Å². The molecule has 1 aliphatic rings. The molecule has 0 bridgehead atoms. The molecule has 2 nitrogen and oxygen atoms in total. The number of fused-ring (bicyclic) bond motifs is 1. The Morgan fingerprint density at radius 3 is 3.07 bits per heavy atom. The topological polar surface area (TPSA) is 24.9 Å². The summed E-state index contributed by atoms with van der Waals surface area (Å²) in [6, 6.07) is 0.642. The van der Waals surface area contributed by atoms with Crippen LogP contribution in [-0.4, -0.2) is 11.0 Å². The molecule has 0 aromatic carbocycles. The summed E-state index contributed by atoms with van der Waals surface area (Å²) < 4.78 is 0. The Hall–Kier alpha value is -0.410. The third-order valence-electron chi connectivity index (χ3n) is 2.57. The Labute approximate surface area is 89.8 Å². The van der Waals surface area contributed by atoms with Crippen molar-refractivity contribution in [3.63, 3.8) is 0 Å². The molecule has 2 heterocycles. The van der Waals surface area contributed by atoms with Gasteiger partial charge < -0.3 is 5.32 Å². The molecule has 78 valence electrons. The quantitative estimate of drug-likeness (QED) is 0.770. The van der Waals surface area contributed by atoms with E-state index in [1.54, 1.807) is 11.3 Å². The molecule has 1 aromatic heterocycles. The average Bonchev–Trinajstić information content (AvgIpc) is 2.47. The maximum Gasteiger partial charge on any atom is 0.0798 e. The van der Waals surface area contributed by atoms with Gasteiger partial charge in [0.1, 0.15) is 0 Å². The van der Waals surface area contributed by atoms with Crippen LogP contribution in [0.3, 0.4) is 0 Å². The van der Waals surface area contributed by atoms with Crippen LogP contribution in [0.2, 0.25) is 0 Å². The van der Waals surface area contributed by atoms with Crippen LogP contribution in [-0.2, 0) is 13.0 Å². The highest BCUT2D eigenvalue weighted by molar-refractivity contribution is 7.09. The highest BCUT2D eigenvalue weighted by Crippen LogP contribution is 2.27. The van der Waals surface area contributed by atoms with Gasteiger partial charge in [-0.05, 0) is 18.3 Å². The van der Waals surface area contributed by atoms with E-state index >= 15 is 0 Å². The smallest absolute Gasteiger partial charge is 0.0798 e. The summed E-state index contributed by atoms with van der Waals surface area (Å²) in [5, 5.41) is 3.56. The number of nitrogens with one attached hydrogen (secondary N) is 1. The summed E-state index contributed by atoms with van der Waals surface area (Å²) in [6.45, 7) is 7.87. The van der Waals surface area contributed by atoms with Crippen molar-refractivity contribution in [2.75, 3.05) is 0 Å². The Kier molecular flexibility index (Phi) is 2.62. The molecule has 3 heteroatoms. The molecule has 1 N–H and O–H groups in total. The van der Waals surface area contributed by atoms with Gasteiger partial charge in [-0.15, -0.1) is 11.3 Å². The normalized spacial score (nSPS) is 22.1. The van der Waals surface area contributed by atoms with E-state index < -0.39 is 0 Å². The number of hydrogen-bond donors (Lipinski definition) is 1. The summed E-state index contributed by atoms with van der Waals surface area (Å²) >= 11 is 1.80. The molecule has 2 rings (SSSR count). The third-order valence-corrected chi connectivity index (χ3v) is 3.47. The van der Waals surface area contributed by atoms with Gasteiger partial charge in [0.05, 0.1) is 11.2 Å². The minimum Gasteiger partial charge on any atom is -0.308 e. The lowest BCUT2D eigenvalue weighted by atomic mass is 9.86. The fourth-order valence-electron chi connectivity index (χ4n) is 2.02. The van der Waals surface area contributed by atoms with Crippen molar-refractivity contribution in [2.45, 2.75) is 46.2 Å². The van der Waals surface area contributed by atoms with Crippen LogP contribution in [0.5, 0.6) is 0 Å². The second-order valence-corrected chi connectivity index (χ2v) is 6.21. The summed E-state index contributed by atoms with van der Waals surface area (Å²) in [7, 11) is 0. The summed E-state index contributed by atoms with van der Waals surface area (Å²) in [5.74, 6) is 0. The molecule has 1 aromatic rings. The zero-order valence-electron chi connectivity index (χ0n) is 9.13. The van der Waals surface area contributed by atoms with E-state index in [0.717, 1.165) is 13.0 Å². The second-order valence-electron chi connectivity index (χ2n) is 5.27. The first-order chi connectivity index (χ1) is 6.54. The van der Waals surface area contributed by atoms with Crippen LogP contribution in [0, 0.1) is 5.41 Å². The Morgan fingerprint density at radius 2 is 2.36 bits per heavy atom. The number of hydrogen-bond acceptors (Lipinski definition) is 3. The highest BCUT2D eigenvalue weighted by atomic mass is 32.1. The molecule has 0 saturated heterocycles. The van der Waals surface area contributed by atoms with Crippen molar-refractivity contribution in [1.82, 2.24) is 10.3 Å². The van der Waals surface area contributed by atoms with Crippen molar-refractivity contribution in [3.05, 3.63) is 16.1 Å². The van der Waals surface area contributed by atoms with Gasteiger partial charge in [-0.2, -0.15) is 0 Å². The van der Waals surface area contributed by atoms with Gasteiger partial charge in [-0.3, -0.25) is 0 Å². The standard InChI is InChI=1S/C11H18N2S/c1-11(2,3)5-8-4-10-9(6-12-8)13-7-14-10/h7-8,12H,4-6H2,1-3H3. The van der Waals surface area contributed by atoms with Crippen LogP contribution in [0.15, 0.2) is 5.51 Å². The van der Waals surface area contributed by atoms with Gasteiger partial charge in [-0.1, -0.05) is 20.8 Å². The molecule has 0 saturated carbocycles. The van der Waals surface area contributed by atoms with Gasteiger partial charge in [0.15, 0.2) is 0 Å². The molecule has 0 spiro atoms. The maximum atomic E-state index is 4.34. The van der Waals surface area contributed by atoms with E-state index in [1.165, 1.54) is 17.0 Å². The van der Waals surface area contributed by atoms with Crippen LogP contribution < -0.4 is 5.32 Å². The number of nitrogens with zero attached hydrogens (tertiary/aromatic N) is 1. The third kappa shape index (κ3) is 2.34. The fourth-order valence-corrected chi connectivity index (χ4v) is 2.89. The Bertz CT molecular complexity index is 311. The first-order valence-electron chi connectivity index (χ1n) is 5.19. The van der Waals surface area contributed by atoms with Crippen molar-refractivity contribution >= 4 is 11.3 Å². The molecular formula is C11H18N2S. The molecule has 14 heavy (non-hydrogen) atoms. The van der Waals surface area contributed by atoms with Crippen LogP contribution in [0.25, 0.3) is 0 Å². The molecule has 0 aliphatic carbocycles. The summed E-state index contributed by atoms with van der Waals surface area (Å²) in [6.07, 6.45) is 2.40. The molecular weight excluding hydrogens is 192 g/mol. The minimum atomic E-state index is 0.417. The second kappa shape index (κ2) is 3.63. The van der Waals surface area contributed by atoms with Gasteiger partial charge in [0.2, 0.25) is 0 Å².